The molecule has 1 heterocycles. The van der Waals surface area contributed by atoms with E-state index in [9.17, 15) is 13.2 Å². The van der Waals surface area contributed by atoms with Gasteiger partial charge >= 0.3 is 6.03 Å². The summed E-state index contributed by atoms with van der Waals surface area (Å²) in [7, 11) is -3.19. The first kappa shape index (κ1) is 10.9. The molecule has 0 bridgehead atoms. The highest BCUT2D eigenvalue weighted by molar-refractivity contribution is 7.91. The first-order valence-corrected chi connectivity index (χ1v) is 6.51. The minimum Gasteiger partial charge on any atom is -0.352 e. The molecule has 0 radical (unpaired) electrons. The fourth-order valence-corrected chi connectivity index (χ4v) is 3.82. The third-order valence-electron chi connectivity index (χ3n) is 2.64. The number of carbonyl (C=O) groups excluding carboxylic acids is 1. The normalized spacial score (nSPS) is 21.4. The van der Waals surface area contributed by atoms with Crippen molar-refractivity contribution in [3.05, 3.63) is 29.8 Å². The van der Waals surface area contributed by atoms with Crippen molar-refractivity contribution in [1.29, 1.82) is 0 Å². The topological polar surface area (TPSA) is 89.3 Å². The highest BCUT2D eigenvalue weighted by Gasteiger charge is 2.34. The minimum absolute atomic E-state index is 0.0344. The highest BCUT2D eigenvalue weighted by atomic mass is 32.2. The second-order valence-corrected chi connectivity index (χ2v) is 5.76. The lowest BCUT2D eigenvalue weighted by Crippen LogP contribution is -2.33. The summed E-state index contributed by atoms with van der Waals surface area (Å²) >= 11 is 0. The number of hydrogen-bond acceptors (Lipinski definition) is 3. The molecule has 1 unspecified atom stereocenters. The van der Waals surface area contributed by atoms with E-state index in [0.717, 1.165) is 5.56 Å². The van der Waals surface area contributed by atoms with E-state index in [2.05, 4.69) is 5.32 Å². The van der Waals surface area contributed by atoms with E-state index >= 15 is 0 Å². The molecule has 0 saturated carbocycles. The molecule has 0 aromatic heterocycles. The number of carbonyl (C=O) groups is 1. The first-order chi connectivity index (χ1) is 7.50. The number of benzene rings is 1. The summed E-state index contributed by atoms with van der Waals surface area (Å²) in [5.41, 5.74) is 5.72. The second kappa shape index (κ2) is 3.79. The van der Waals surface area contributed by atoms with Crippen LogP contribution >= 0.6 is 0 Å². The molecule has 6 heteroatoms. The number of fused-ring (bicyclic) bond motifs is 1. The van der Waals surface area contributed by atoms with E-state index in [0.29, 0.717) is 4.90 Å². The maximum absolute atomic E-state index is 11.8. The molecule has 1 aliphatic heterocycles. The molecule has 3 N–H and O–H groups in total. The number of amides is 2. The van der Waals surface area contributed by atoms with Crippen LogP contribution in [0.15, 0.2) is 29.2 Å². The number of nitrogens with one attached hydrogen (secondary N) is 1. The molecule has 0 saturated heterocycles. The minimum atomic E-state index is -3.19. The predicted octanol–water partition coefficient (Wildman–Crippen LogP) is 0.226. The van der Waals surface area contributed by atoms with Gasteiger partial charge in [-0.05, 0) is 11.6 Å². The lowest BCUT2D eigenvalue weighted by atomic mass is 10.0. The first-order valence-electron chi connectivity index (χ1n) is 4.86. The average molecular weight is 240 g/mol. The van der Waals surface area contributed by atoms with Crippen LogP contribution in [0, 0.1) is 0 Å². The summed E-state index contributed by atoms with van der Waals surface area (Å²) in [4.78, 5) is 11.0. The van der Waals surface area contributed by atoms with E-state index in [4.69, 9.17) is 5.73 Å². The molecule has 2 rings (SSSR count). The van der Waals surface area contributed by atoms with Gasteiger partial charge in [-0.2, -0.15) is 0 Å². The molecule has 1 atom stereocenters. The second-order valence-electron chi connectivity index (χ2n) is 3.76. The average Bonchev–Trinajstić information content (AvgIpc) is 2.49. The lowest BCUT2D eigenvalue weighted by Gasteiger charge is -2.09. The van der Waals surface area contributed by atoms with Crippen LogP contribution in [0.3, 0.4) is 0 Å². The Hall–Kier alpha value is -1.56. The van der Waals surface area contributed by atoms with Gasteiger partial charge in [0.15, 0.2) is 9.84 Å². The van der Waals surface area contributed by atoms with Gasteiger partial charge in [0, 0.05) is 12.5 Å². The summed E-state index contributed by atoms with van der Waals surface area (Å²) in [5, 5.41) is 2.44. The van der Waals surface area contributed by atoms with Crippen molar-refractivity contribution < 1.29 is 13.2 Å². The Morgan fingerprint density at radius 2 is 2.12 bits per heavy atom. The van der Waals surface area contributed by atoms with Gasteiger partial charge in [0.1, 0.15) is 0 Å². The van der Waals surface area contributed by atoms with Crippen molar-refractivity contribution in [2.24, 2.45) is 5.73 Å². The predicted molar refractivity (Wildman–Crippen MR) is 58.8 cm³/mol. The van der Waals surface area contributed by atoms with E-state index in [1.54, 1.807) is 24.3 Å². The standard InChI is InChI=1S/C10H12N2O3S/c11-10(13)12-5-7-6-16(14,15)9-4-2-1-3-8(7)9/h1-4,7H,5-6H2,(H3,11,12,13). The molecule has 1 aliphatic rings. The van der Waals surface area contributed by atoms with E-state index in [1.807, 2.05) is 0 Å². The van der Waals surface area contributed by atoms with Gasteiger partial charge in [-0.15, -0.1) is 0 Å². The van der Waals surface area contributed by atoms with Crippen molar-refractivity contribution in [1.82, 2.24) is 5.32 Å². The van der Waals surface area contributed by atoms with Crippen molar-refractivity contribution in [3.8, 4) is 0 Å². The molecule has 1 aromatic rings. The Bertz CT molecular complexity index is 525. The number of nitrogens with two attached hydrogens (primary N) is 1. The molecule has 16 heavy (non-hydrogen) atoms. The largest absolute Gasteiger partial charge is 0.352 e. The zero-order valence-corrected chi connectivity index (χ0v) is 9.33. The Labute approximate surface area is 93.6 Å². The highest BCUT2D eigenvalue weighted by Crippen LogP contribution is 2.33. The molecule has 0 aliphatic carbocycles. The maximum atomic E-state index is 11.8. The summed E-state index contributed by atoms with van der Waals surface area (Å²) in [6, 6.07) is 6.21. The van der Waals surface area contributed by atoms with Gasteiger partial charge in [0.05, 0.1) is 10.6 Å². The number of hydrogen-bond donors (Lipinski definition) is 2. The Kier molecular flexibility index (Phi) is 2.59. The summed E-state index contributed by atoms with van der Waals surface area (Å²) in [6.45, 7) is 0.256. The fourth-order valence-electron chi connectivity index (χ4n) is 1.94. The summed E-state index contributed by atoms with van der Waals surface area (Å²) in [5.74, 6) is -0.166. The third-order valence-corrected chi connectivity index (χ3v) is 4.52. The molecule has 0 fully saturated rings. The van der Waals surface area contributed by atoms with Crippen LogP contribution in [0.2, 0.25) is 0 Å². The Morgan fingerprint density at radius 3 is 2.81 bits per heavy atom. The van der Waals surface area contributed by atoms with E-state index in [-0.39, 0.29) is 18.2 Å². The third kappa shape index (κ3) is 1.88. The van der Waals surface area contributed by atoms with Crippen molar-refractivity contribution in [2.45, 2.75) is 10.8 Å². The molecule has 86 valence electrons. The van der Waals surface area contributed by atoms with Gasteiger partial charge in [0.25, 0.3) is 0 Å². The maximum Gasteiger partial charge on any atom is 0.312 e. The van der Waals surface area contributed by atoms with Crippen LogP contribution in [-0.4, -0.2) is 26.7 Å². The van der Waals surface area contributed by atoms with Crippen LogP contribution in [0.25, 0.3) is 0 Å². The van der Waals surface area contributed by atoms with Crippen LogP contribution < -0.4 is 11.1 Å². The zero-order valence-electron chi connectivity index (χ0n) is 8.51. The number of urea groups is 1. The van der Waals surface area contributed by atoms with Gasteiger partial charge in [-0.1, -0.05) is 18.2 Å². The van der Waals surface area contributed by atoms with Crippen molar-refractivity contribution in [3.63, 3.8) is 0 Å². The summed E-state index contributed by atoms with van der Waals surface area (Å²) < 4.78 is 23.5. The van der Waals surface area contributed by atoms with E-state index < -0.39 is 15.9 Å². The number of primary amides is 1. The molecule has 1 aromatic carbocycles. The molecule has 5 nitrogen and oxygen atoms in total. The summed E-state index contributed by atoms with van der Waals surface area (Å²) in [6.07, 6.45) is 0. The SMILES string of the molecule is NC(=O)NCC1CS(=O)(=O)c2ccccc21. The monoisotopic (exact) mass is 240 g/mol. The Balaban J connectivity index is 2.30. The van der Waals surface area contributed by atoms with Gasteiger partial charge in [-0.25, -0.2) is 13.2 Å². The van der Waals surface area contributed by atoms with E-state index in [1.165, 1.54) is 0 Å². The number of sulfone groups is 1. The molecular weight excluding hydrogens is 228 g/mol. The van der Waals surface area contributed by atoms with Crippen LogP contribution in [0.5, 0.6) is 0 Å². The molecular formula is C10H12N2O3S. The number of rotatable bonds is 2. The Morgan fingerprint density at radius 1 is 1.44 bits per heavy atom. The smallest absolute Gasteiger partial charge is 0.312 e. The quantitative estimate of drug-likeness (QED) is 0.775. The van der Waals surface area contributed by atoms with Crippen LogP contribution in [-0.2, 0) is 9.84 Å². The van der Waals surface area contributed by atoms with Gasteiger partial charge < -0.3 is 11.1 Å². The fraction of sp³-hybridized carbons (Fsp3) is 0.300. The molecule has 2 amide bonds. The van der Waals surface area contributed by atoms with Gasteiger partial charge in [-0.3, -0.25) is 0 Å². The van der Waals surface area contributed by atoms with Crippen LogP contribution in [0.1, 0.15) is 11.5 Å². The van der Waals surface area contributed by atoms with Crippen molar-refractivity contribution in [2.75, 3.05) is 12.3 Å². The lowest BCUT2D eigenvalue weighted by molar-refractivity contribution is 0.248. The van der Waals surface area contributed by atoms with Crippen molar-refractivity contribution >= 4 is 15.9 Å². The van der Waals surface area contributed by atoms with Gasteiger partial charge in [0.2, 0.25) is 0 Å². The molecule has 0 spiro atoms. The van der Waals surface area contributed by atoms with Crippen LogP contribution in [0.4, 0.5) is 4.79 Å². The zero-order chi connectivity index (χ0) is 11.8.